The van der Waals surface area contributed by atoms with Crippen molar-refractivity contribution in [3.05, 3.63) is 99.5 Å². The van der Waals surface area contributed by atoms with E-state index in [4.69, 9.17) is 11.6 Å². The Labute approximate surface area is 150 Å². The average Bonchev–Trinajstić information content (AvgIpc) is 2.58. The van der Waals surface area contributed by atoms with Crippen molar-refractivity contribution in [2.24, 2.45) is 0 Å². The molecule has 0 heterocycles. The first-order chi connectivity index (χ1) is 11.2. The highest BCUT2D eigenvalue weighted by Gasteiger charge is 2.12. The maximum absolute atomic E-state index is 6.46. The molecule has 23 heavy (non-hydrogen) atoms. The van der Waals surface area contributed by atoms with E-state index in [9.17, 15) is 0 Å². The molecule has 0 fully saturated rings. The van der Waals surface area contributed by atoms with Gasteiger partial charge in [0, 0.05) is 17.6 Å². The highest BCUT2D eigenvalue weighted by Crippen LogP contribution is 2.31. The van der Waals surface area contributed by atoms with E-state index in [0.717, 1.165) is 28.3 Å². The molecular formula is C20H17BrClN. The lowest BCUT2D eigenvalue weighted by Crippen LogP contribution is -2.22. The zero-order chi connectivity index (χ0) is 16.1. The fourth-order valence-electron chi connectivity index (χ4n) is 2.56. The fourth-order valence-corrected chi connectivity index (χ4v) is 3.15. The van der Waals surface area contributed by atoms with Gasteiger partial charge in [-0.05, 0) is 29.3 Å². The lowest BCUT2D eigenvalue weighted by atomic mass is 10.1. The first-order valence-corrected chi connectivity index (χ1v) is 8.67. The molecule has 0 spiro atoms. The summed E-state index contributed by atoms with van der Waals surface area (Å²) in [5, 5.41) is 0.764. The molecule has 0 radical (unpaired) electrons. The van der Waals surface area contributed by atoms with Crippen LogP contribution in [0.1, 0.15) is 11.1 Å². The van der Waals surface area contributed by atoms with Crippen LogP contribution < -0.4 is 4.90 Å². The smallest absolute Gasteiger partial charge is 0.0640 e. The molecule has 1 nitrogen and oxygen atoms in total. The summed E-state index contributed by atoms with van der Waals surface area (Å²) in [6, 6.07) is 26.9. The first-order valence-electron chi connectivity index (χ1n) is 7.50. The largest absolute Gasteiger partial charge is 0.362 e. The molecule has 0 N–H and O–H groups in total. The van der Waals surface area contributed by atoms with Gasteiger partial charge in [0.15, 0.2) is 0 Å². The van der Waals surface area contributed by atoms with Crippen LogP contribution in [-0.4, -0.2) is 0 Å². The second kappa shape index (κ2) is 7.67. The Morgan fingerprint density at radius 3 is 1.78 bits per heavy atom. The molecule has 3 heteroatoms. The van der Waals surface area contributed by atoms with Gasteiger partial charge in [-0.25, -0.2) is 0 Å². The topological polar surface area (TPSA) is 3.24 Å². The molecule has 0 aromatic heterocycles. The van der Waals surface area contributed by atoms with Gasteiger partial charge < -0.3 is 4.90 Å². The molecule has 3 aromatic carbocycles. The molecule has 0 aliphatic carbocycles. The second-order valence-electron chi connectivity index (χ2n) is 5.42. The van der Waals surface area contributed by atoms with E-state index in [1.807, 2.05) is 24.3 Å². The highest BCUT2D eigenvalue weighted by molar-refractivity contribution is 9.10. The quantitative estimate of drug-likeness (QED) is 0.496. The predicted octanol–water partition coefficient (Wildman–Crippen LogP) is 6.31. The number of rotatable bonds is 5. The van der Waals surface area contributed by atoms with Crippen LogP contribution in [0, 0.1) is 0 Å². The zero-order valence-corrected chi connectivity index (χ0v) is 15.0. The average molecular weight is 387 g/mol. The van der Waals surface area contributed by atoms with Crippen LogP contribution in [-0.2, 0) is 13.1 Å². The van der Waals surface area contributed by atoms with Crippen LogP contribution in [0.3, 0.4) is 0 Å². The van der Waals surface area contributed by atoms with Crippen molar-refractivity contribution in [3.63, 3.8) is 0 Å². The number of nitrogens with zero attached hydrogens (tertiary/aromatic N) is 1. The number of anilines is 1. The van der Waals surface area contributed by atoms with Gasteiger partial charge >= 0.3 is 0 Å². The number of halogens is 2. The summed E-state index contributed by atoms with van der Waals surface area (Å²) in [5.74, 6) is 0. The normalized spacial score (nSPS) is 10.5. The summed E-state index contributed by atoms with van der Waals surface area (Å²) >= 11 is 10.0. The summed E-state index contributed by atoms with van der Waals surface area (Å²) in [5.41, 5.74) is 3.56. The van der Waals surface area contributed by atoms with Gasteiger partial charge in [0.2, 0.25) is 0 Å². The van der Waals surface area contributed by atoms with E-state index in [-0.39, 0.29) is 0 Å². The molecule has 0 saturated heterocycles. The first kappa shape index (κ1) is 16.1. The second-order valence-corrected chi connectivity index (χ2v) is 6.75. The minimum absolute atomic E-state index is 0.764. The Bertz CT molecular complexity index is 718. The van der Waals surface area contributed by atoms with Gasteiger partial charge in [-0.3, -0.25) is 0 Å². The third-order valence-corrected chi connectivity index (χ3v) is 4.49. The molecule has 3 rings (SSSR count). The predicted molar refractivity (Wildman–Crippen MR) is 102 cm³/mol. The maximum Gasteiger partial charge on any atom is 0.0640 e. The Hall–Kier alpha value is -1.77. The number of hydrogen-bond donors (Lipinski definition) is 0. The molecule has 0 aliphatic rings. The van der Waals surface area contributed by atoms with Crippen LogP contribution >= 0.6 is 27.5 Å². The molecule has 3 aromatic rings. The van der Waals surface area contributed by atoms with Gasteiger partial charge in [-0.15, -0.1) is 0 Å². The molecule has 116 valence electrons. The van der Waals surface area contributed by atoms with Gasteiger partial charge in [-0.2, -0.15) is 0 Å². The van der Waals surface area contributed by atoms with E-state index < -0.39 is 0 Å². The highest BCUT2D eigenvalue weighted by atomic mass is 79.9. The summed E-state index contributed by atoms with van der Waals surface area (Å²) in [7, 11) is 0. The van der Waals surface area contributed by atoms with Crippen LogP contribution in [0.4, 0.5) is 5.69 Å². The Morgan fingerprint density at radius 2 is 1.26 bits per heavy atom. The number of hydrogen-bond acceptors (Lipinski definition) is 1. The van der Waals surface area contributed by atoms with Crippen LogP contribution in [0.5, 0.6) is 0 Å². The van der Waals surface area contributed by atoms with E-state index in [0.29, 0.717) is 0 Å². The standard InChI is InChI=1S/C20H17BrClN/c21-18-11-12-19(22)20(13-18)23(14-16-7-3-1-4-8-16)15-17-9-5-2-6-10-17/h1-13H,14-15H2. The maximum atomic E-state index is 6.46. The summed E-state index contributed by atoms with van der Waals surface area (Å²) in [4.78, 5) is 2.30. The van der Waals surface area contributed by atoms with Crippen LogP contribution in [0.15, 0.2) is 83.3 Å². The Balaban J connectivity index is 1.94. The van der Waals surface area contributed by atoms with E-state index in [1.165, 1.54) is 11.1 Å². The van der Waals surface area contributed by atoms with Gasteiger partial charge in [0.1, 0.15) is 0 Å². The van der Waals surface area contributed by atoms with Crippen molar-refractivity contribution in [1.29, 1.82) is 0 Å². The molecule has 0 aliphatic heterocycles. The summed E-state index contributed by atoms with van der Waals surface area (Å²) in [6.45, 7) is 1.62. The SMILES string of the molecule is Clc1ccc(Br)cc1N(Cc1ccccc1)Cc1ccccc1. The van der Waals surface area contributed by atoms with E-state index in [2.05, 4.69) is 75.4 Å². The van der Waals surface area contributed by atoms with Crippen molar-refractivity contribution in [1.82, 2.24) is 0 Å². The third kappa shape index (κ3) is 4.37. The molecule has 0 amide bonds. The van der Waals surface area contributed by atoms with Gasteiger partial charge in [0.05, 0.1) is 10.7 Å². The molecular weight excluding hydrogens is 370 g/mol. The minimum Gasteiger partial charge on any atom is -0.362 e. The van der Waals surface area contributed by atoms with Gasteiger partial charge in [-0.1, -0.05) is 88.2 Å². The lowest BCUT2D eigenvalue weighted by Gasteiger charge is -2.26. The fraction of sp³-hybridized carbons (Fsp3) is 0.100. The van der Waals surface area contributed by atoms with Crippen molar-refractivity contribution in [2.45, 2.75) is 13.1 Å². The molecule has 0 bridgehead atoms. The lowest BCUT2D eigenvalue weighted by molar-refractivity contribution is 0.800. The number of benzene rings is 3. The van der Waals surface area contributed by atoms with E-state index in [1.54, 1.807) is 0 Å². The van der Waals surface area contributed by atoms with Crippen LogP contribution in [0.2, 0.25) is 5.02 Å². The molecule has 0 unspecified atom stereocenters. The minimum atomic E-state index is 0.764. The van der Waals surface area contributed by atoms with Gasteiger partial charge in [0.25, 0.3) is 0 Å². The van der Waals surface area contributed by atoms with Crippen molar-refractivity contribution >= 4 is 33.2 Å². The van der Waals surface area contributed by atoms with Crippen LogP contribution in [0.25, 0.3) is 0 Å². The Kier molecular flexibility index (Phi) is 5.37. The zero-order valence-electron chi connectivity index (χ0n) is 12.6. The van der Waals surface area contributed by atoms with Crippen molar-refractivity contribution in [2.75, 3.05) is 4.90 Å². The van der Waals surface area contributed by atoms with E-state index >= 15 is 0 Å². The molecule has 0 saturated carbocycles. The van der Waals surface area contributed by atoms with Crippen molar-refractivity contribution in [3.8, 4) is 0 Å². The summed E-state index contributed by atoms with van der Waals surface area (Å²) < 4.78 is 1.03. The Morgan fingerprint density at radius 1 is 0.739 bits per heavy atom. The summed E-state index contributed by atoms with van der Waals surface area (Å²) in [6.07, 6.45) is 0. The van der Waals surface area contributed by atoms with Crippen molar-refractivity contribution < 1.29 is 0 Å². The monoisotopic (exact) mass is 385 g/mol. The third-order valence-electron chi connectivity index (χ3n) is 3.68. The molecule has 0 atom stereocenters.